The van der Waals surface area contributed by atoms with Gasteiger partial charge in [0.1, 0.15) is 6.61 Å². The number of amides is 2. The molecule has 9 heteroatoms. The van der Waals surface area contributed by atoms with Gasteiger partial charge >= 0.3 is 6.09 Å². The SMILES string of the molecule is Cc1nn(C)c(C(=O)N[C@@H](C)c2ccc(NC(=O)OCc3ccc(Cl)cc3)cc2)c1F. The summed E-state index contributed by atoms with van der Waals surface area (Å²) in [5.74, 6) is -1.19. The van der Waals surface area contributed by atoms with Crippen LogP contribution in [0, 0.1) is 12.7 Å². The number of nitrogens with zero attached hydrogens (tertiary/aromatic N) is 2. The van der Waals surface area contributed by atoms with Crippen molar-refractivity contribution < 1.29 is 18.7 Å². The van der Waals surface area contributed by atoms with Crippen LogP contribution in [0.5, 0.6) is 0 Å². The number of hydrogen-bond donors (Lipinski definition) is 2. The van der Waals surface area contributed by atoms with E-state index in [1.54, 1.807) is 55.5 Å². The average molecular weight is 445 g/mol. The summed E-state index contributed by atoms with van der Waals surface area (Å²) in [5, 5.41) is 9.91. The third kappa shape index (κ3) is 5.61. The Bertz CT molecular complexity index is 1080. The van der Waals surface area contributed by atoms with Crippen molar-refractivity contribution in [1.29, 1.82) is 0 Å². The highest BCUT2D eigenvalue weighted by molar-refractivity contribution is 6.30. The first kappa shape index (κ1) is 22.3. The van der Waals surface area contributed by atoms with Crippen molar-refractivity contribution in [3.63, 3.8) is 0 Å². The third-order valence-corrected chi connectivity index (χ3v) is 4.90. The maximum atomic E-state index is 14.1. The predicted molar refractivity (Wildman–Crippen MR) is 115 cm³/mol. The molecule has 3 rings (SSSR count). The highest BCUT2D eigenvalue weighted by Gasteiger charge is 2.22. The first-order valence-corrected chi connectivity index (χ1v) is 9.90. The molecule has 0 bridgehead atoms. The molecule has 2 aromatic carbocycles. The lowest BCUT2D eigenvalue weighted by Gasteiger charge is -2.15. The molecule has 0 saturated heterocycles. The molecule has 3 aromatic rings. The van der Waals surface area contributed by atoms with Crippen molar-refractivity contribution in [1.82, 2.24) is 15.1 Å². The molecule has 7 nitrogen and oxygen atoms in total. The van der Waals surface area contributed by atoms with E-state index < -0.39 is 17.8 Å². The second kappa shape index (κ2) is 9.61. The maximum absolute atomic E-state index is 14.1. The molecule has 1 atom stereocenters. The van der Waals surface area contributed by atoms with Gasteiger partial charge in [-0.15, -0.1) is 0 Å². The molecule has 0 aliphatic carbocycles. The van der Waals surface area contributed by atoms with Gasteiger partial charge in [-0.3, -0.25) is 14.8 Å². The van der Waals surface area contributed by atoms with Gasteiger partial charge in [0.05, 0.1) is 11.7 Å². The summed E-state index contributed by atoms with van der Waals surface area (Å²) in [6.45, 7) is 3.40. The van der Waals surface area contributed by atoms with Crippen LogP contribution in [-0.2, 0) is 18.4 Å². The Labute approximate surface area is 184 Å². The second-order valence-electron chi connectivity index (χ2n) is 7.02. The fourth-order valence-corrected chi connectivity index (χ4v) is 3.09. The van der Waals surface area contributed by atoms with E-state index in [1.165, 1.54) is 18.7 Å². The molecule has 0 spiro atoms. The van der Waals surface area contributed by atoms with Gasteiger partial charge in [0, 0.05) is 17.8 Å². The first-order valence-electron chi connectivity index (χ1n) is 9.52. The molecule has 2 amide bonds. The minimum atomic E-state index is -0.635. The lowest BCUT2D eigenvalue weighted by atomic mass is 10.1. The first-order chi connectivity index (χ1) is 14.7. The Morgan fingerprint density at radius 3 is 2.39 bits per heavy atom. The number of carbonyl (C=O) groups is 2. The van der Waals surface area contributed by atoms with Gasteiger partial charge in [0.15, 0.2) is 11.5 Å². The Morgan fingerprint density at radius 1 is 1.16 bits per heavy atom. The number of aryl methyl sites for hydroxylation is 2. The van der Waals surface area contributed by atoms with Crippen LogP contribution in [-0.4, -0.2) is 21.8 Å². The zero-order chi connectivity index (χ0) is 22.5. The monoisotopic (exact) mass is 444 g/mol. The largest absolute Gasteiger partial charge is 0.444 e. The molecular formula is C22H22ClFN4O3. The van der Waals surface area contributed by atoms with E-state index in [0.717, 1.165) is 11.1 Å². The molecule has 0 fully saturated rings. The highest BCUT2D eigenvalue weighted by Crippen LogP contribution is 2.18. The van der Waals surface area contributed by atoms with Crippen LogP contribution in [0.15, 0.2) is 48.5 Å². The number of anilines is 1. The molecule has 0 aliphatic heterocycles. The quantitative estimate of drug-likeness (QED) is 0.574. The standard InChI is InChI=1S/C22H22ClFN4O3/c1-13(25-21(29)20-19(24)14(2)27-28(20)3)16-6-10-18(11-7-16)26-22(30)31-12-15-4-8-17(23)9-5-15/h4-11,13H,12H2,1-3H3,(H,25,29)(H,26,30)/t13-/m0/s1. The van der Waals surface area contributed by atoms with E-state index in [0.29, 0.717) is 10.7 Å². The number of hydrogen-bond acceptors (Lipinski definition) is 4. The van der Waals surface area contributed by atoms with Crippen LogP contribution in [0.25, 0.3) is 0 Å². The fraction of sp³-hybridized carbons (Fsp3) is 0.227. The zero-order valence-electron chi connectivity index (χ0n) is 17.3. The maximum Gasteiger partial charge on any atom is 0.411 e. The molecule has 2 N–H and O–H groups in total. The summed E-state index contributed by atoms with van der Waals surface area (Å²) in [7, 11) is 1.52. The van der Waals surface area contributed by atoms with Crippen molar-refractivity contribution in [2.45, 2.75) is 26.5 Å². The Kier molecular flexibility index (Phi) is 6.91. The highest BCUT2D eigenvalue weighted by atomic mass is 35.5. The van der Waals surface area contributed by atoms with Crippen molar-refractivity contribution in [3.8, 4) is 0 Å². The van der Waals surface area contributed by atoms with Crippen molar-refractivity contribution in [2.75, 3.05) is 5.32 Å². The summed E-state index contributed by atoms with van der Waals surface area (Å²) in [4.78, 5) is 24.4. The van der Waals surface area contributed by atoms with Gasteiger partial charge in [-0.25, -0.2) is 9.18 Å². The number of aromatic nitrogens is 2. The molecule has 1 aromatic heterocycles. The third-order valence-electron chi connectivity index (χ3n) is 4.65. The smallest absolute Gasteiger partial charge is 0.411 e. The van der Waals surface area contributed by atoms with Gasteiger partial charge in [-0.05, 0) is 49.2 Å². The Morgan fingerprint density at radius 2 is 1.81 bits per heavy atom. The Balaban J connectivity index is 1.54. The molecule has 1 heterocycles. The summed E-state index contributed by atoms with van der Waals surface area (Å²) < 4.78 is 20.5. The molecular weight excluding hydrogens is 423 g/mol. The van der Waals surface area contributed by atoms with Crippen LogP contribution in [0.1, 0.15) is 40.3 Å². The lowest BCUT2D eigenvalue weighted by molar-refractivity contribution is 0.0926. The van der Waals surface area contributed by atoms with Crippen molar-refractivity contribution in [2.24, 2.45) is 7.05 Å². The summed E-state index contributed by atoms with van der Waals surface area (Å²) >= 11 is 5.83. The summed E-state index contributed by atoms with van der Waals surface area (Å²) in [5.41, 5.74) is 2.19. The van der Waals surface area contributed by atoms with E-state index in [2.05, 4.69) is 15.7 Å². The predicted octanol–water partition coefficient (Wildman–Crippen LogP) is 4.76. The van der Waals surface area contributed by atoms with Crippen LogP contribution in [0.2, 0.25) is 5.02 Å². The van der Waals surface area contributed by atoms with Crippen LogP contribution in [0.4, 0.5) is 14.9 Å². The van der Waals surface area contributed by atoms with E-state index in [4.69, 9.17) is 16.3 Å². The number of halogens is 2. The second-order valence-corrected chi connectivity index (χ2v) is 7.45. The van der Waals surface area contributed by atoms with E-state index in [9.17, 15) is 14.0 Å². The molecule has 0 unspecified atom stereocenters. The van der Waals surface area contributed by atoms with E-state index in [1.807, 2.05) is 0 Å². The average Bonchev–Trinajstić information content (AvgIpc) is 2.99. The molecule has 0 radical (unpaired) electrons. The number of ether oxygens (including phenoxy) is 1. The van der Waals surface area contributed by atoms with E-state index >= 15 is 0 Å². The van der Waals surface area contributed by atoms with Gasteiger partial charge in [0.25, 0.3) is 5.91 Å². The number of carbonyl (C=O) groups excluding carboxylic acids is 2. The lowest BCUT2D eigenvalue weighted by Crippen LogP contribution is -2.29. The number of rotatable bonds is 6. The number of nitrogens with one attached hydrogen (secondary N) is 2. The normalized spacial score (nSPS) is 11.6. The molecule has 0 saturated carbocycles. The zero-order valence-corrected chi connectivity index (χ0v) is 18.0. The molecule has 0 aliphatic rings. The van der Waals surface area contributed by atoms with Gasteiger partial charge < -0.3 is 10.1 Å². The molecule has 31 heavy (non-hydrogen) atoms. The topological polar surface area (TPSA) is 85.3 Å². The minimum absolute atomic E-state index is 0.119. The molecule has 162 valence electrons. The van der Waals surface area contributed by atoms with Gasteiger partial charge in [-0.1, -0.05) is 35.9 Å². The van der Waals surface area contributed by atoms with Crippen molar-refractivity contribution in [3.05, 3.63) is 81.9 Å². The summed E-state index contributed by atoms with van der Waals surface area (Å²) in [6, 6.07) is 13.5. The Hall–Kier alpha value is -3.39. The van der Waals surface area contributed by atoms with E-state index in [-0.39, 0.29) is 24.0 Å². The van der Waals surface area contributed by atoms with Crippen LogP contribution < -0.4 is 10.6 Å². The fourth-order valence-electron chi connectivity index (χ4n) is 2.97. The van der Waals surface area contributed by atoms with Crippen LogP contribution in [0.3, 0.4) is 0 Å². The number of benzene rings is 2. The summed E-state index contributed by atoms with van der Waals surface area (Å²) in [6.07, 6.45) is -0.592. The minimum Gasteiger partial charge on any atom is -0.444 e. The van der Waals surface area contributed by atoms with Gasteiger partial charge in [0.2, 0.25) is 0 Å². The van der Waals surface area contributed by atoms with Gasteiger partial charge in [-0.2, -0.15) is 5.10 Å². The van der Waals surface area contributed by atoms with Crippen molar-refractivity contribution >= 4 is 29.3 Å². The van der Waals surface area contributed by atoms with Crippen LogP contribution >= 0.6 is 11.6 Å².